The van der Waals surface area contributed by atoms with Crippen molar-refractivity contribution in [2.45, 2.75) is 56.3 Å². The summed E-state index contributed by atoms with van der Waals surface area (Å²) in [5.41, 5.74) is 6.21. The van der Waals surface area contributed by atoms with E-state index < -0.39 is 10.0 Å². The molecule has 1 saturated carbocycles. The van der Waals surface area contributed by atoms with Crippen LogP contribution in [0, 0.1) is 0 Å². The highest BCUT2D eigenvalue weighted by molar-refractivity contribution is 7.89. The minimum Gasteiger partial charge on any atom is -0.304 e. The molecule has 2 heterocycles. The van der Waals surface area contributed by atoms with Crippen LogP contribution < -0.4 is 5.14 Å². The Balaban J connectivity index is 1.77. The second-order valence-corrected chi connectivity index (χ2v) is 9.30. The van der Waals surface area contributed by atoms with Crippen molar-refractivity contribution in [2.75, 3.05) is 0 Å². The lowest BCUT2D eigenvalue weighted by Crippen LogP contribution is -2.20. The SMILES string of the molecule is CCc1ccc(-c2c3c4ccccc4n2-3)c(S(N)(=O)=O)c1C1CCCCC1. The van der Waals surface area contributed by atoms with Gasteiger partial charge in [0.25, 0.3) is 0 Å². The van der Waals surface area contributed by atoms with Crippen LogP contribution in [-0.4, -0.2) is 13.0 Å². The number of aryl methyl sites for hydroxylation is 1. The average molecular weight is 381 g/mol. The summed E-state index contributed by atoms with van der Waals surface area (Å²) in [7, 11) is -3.82. The molecule has 2 aliphatic heterocycles. The van der Waals surface area contributed by atoms with E-state index in [-0.39, 0.29) is 0 Å². The maximum atomic E-state index is 12.8. The fraction of sp³-hybridized carbons (Fsp3) is 0.364. The molecule has 2 aromatic rings. The maximum Gasteiger partial charge on any atom is 0.239 e. The first-order chi connectivity index (χ1) is 13.0. The first kappa shape index (κ1) is 17.0. The summed E-state index contributed by atoms with van der Waals surface area (Å²) in [5.74, 6) is 0.293. The van der Waals surface area contributed by atoms with Gasteiger partial charge in [-0.15, -0.1) is 0 Å². The smallest absolute Gasteiger partial charge is 0.239 e. The Labute approximate surface area is 160 Å². The van der Waals surface area contributed by atoms with Crippen LogP contribution in [0.4, 0.5) is 0 Å². The van der Waals surface area contributed by atoms with Crippen LogP contribution in [0.15, 0.2) is 41.3 Å². The van der Waals surface area contributed by atoms with Gasteiger partial charge in [-0.3, -0.25) is 0 Å². The summed E-state index contributed by atoms with van der Waals surface area (Å²) >= 11 is 0. The van der Waals surface area contributed by atoms with Crippen LogP contribution in [0.2, 0.25) is 0 Å². The fourth-order valence-electron chi connectivity index (χ4n) is 5.00. The van der Waals surface area contributed by atoms with Gasteiger partial charge in [0.15, 0.2) is 0 Å². The number of para-hydroxylation sites is 1. The third-order valence-corrected chi connectivity index (χ3v) is 7.25. The molecule has 1 fully saturated rings. The molecule has 0 atom stereocenters. The molecule has 0 saturated heterocycles. The maximum absolute atomic E-state index is 12.8. The van der Waals surface area contributed by atoms with Crippen molar-refractivity contribution in [3.8, 4) is 16.9 Å². The van der Waals surface area contributed by atoms with Gasteiger partial charge in [0.1, 0.15) is 0 Å². The summed E-state index contributed by atoms with van der Waals surface area (Å²) < 4.78 is 27.7. The van der Waals surface area contributed by atoms with Crippen LogP contribution in [0.3, 0.4) is 0 Å². The first-order valence-corrected chi connectivity index (χ1v) is 11.4. The second kappa shape index (κ2) is 5.94. The van der Waals surface area contributed by atoms with Crippen molar-refractivity contribution in [1.82, 2.24) is 4.57 Å². The predicted molar refractivity (Wildman–Crippen MR) is 109 cm³/mol. The van der Waals surface area contributed by atoms with Crippen molar-refractivity contribution in [2.24, 2.45) is 5.14 Å². The minimum absolute atomic E-state index is 0.293. The molecule has 0 unspecified atom stereocenters. The first-order valence-electron chi connectivity index (χ1n) is 9.85. The highest BCUT2D eigenvalue weighted by atomic mass is 32.2. The van der Waals surface area contributed by atoms with E-state index in [9.17, 15) is 8.42 Å². The molecule has 5 rings (SSSR count). The van der Waals surface area contributed by atoms with Gasteiger partial charge < -0.3 is 4.57 Å². The molecule has 0 aromatic heterocycles. The highest BCUT2D eigenvalue weighted by Crippen LogP contribution is 2.53. The van der Waals surface area contributed by atoms with Gasteiger partial charge in [-0.1, -0.05) is 56.5 Å². The Kier molecular flexibility index (Phi) is 3.75. The predicted octanol–water partition coefficient (Wildman–Crippen LogP) is 4.87. The van der Waals surface area contributed by atoms with Crippen LogP contribution in [0.5, 0.6) is 0 Å². The zero-order valence-electron chi connectivity index (χ0n) is 15.5. The van der Waals surface area contributed by atoms with Crippen LogP contribution in [-0.2, 0) is 16.4 Å². The fourth-order valence-corrected chi connectivity index (χ4v) is 6.07. The van der Waals surface area contributed by atoms with E-state index in [2.05, 4.69) is 29.7 Å². The number of benzene rings is 2. The van der Waals surface area contributed by atoms with E-state index in [1.54, 1.807) is 0 Å². The molecule has 4 nitrogen and oxygen atoms in total. The van der Waals surface area contributed by atoms with Crippen molar-refractivity contribution < 1.29 is 8.42 Å². The number of aromatic nitrogens is 1. The molecule has 0 amide bonds. The van der Waals surface area contributed by atoms with E-state index in [4.69, 9.17) is 5.14 Å². The zero-order valence-corrected chi connectivity index (χ0v) is 16.3. The number of nitrogens with two attached hydrogens (primary N) is 1. The van der Waals surface area contributed by atoms with Crippen LogP contribution in [0.25, 0.3) is 27.8 Å². The van der Waals surface area contributed by atoms with E-state index in [0.717, 1.165) is 65.7 Å². The number of sulfonamides is 1. The Morgan fingerprint density at radius 3 is 2.48 bits per heavy atom. The molecule has 140 valence electrons. The van der Waals surface area contributed by atoms with Crippen molar-refractivity contribution in [3.63, 3.8) is 0 Å². The monoisotopic (exact) mass is 380 g/mol. The molecule has 1 aliphatic carbocycles. The normalized spacial score (nSPS) is 16.8. The van der Waals surface area contributed by atoms with Gasteiger partial charge in [-0.05, 0) is 42.4 Å². The zero-order chi connectivity index (χ0) is 18.8. The van der Waals surface area contributed by atoms with Gasteiger partial charge in [0, 0.05) is 10.9 Å². The number of hydrogen-bond donors (Lipinski definition) is 1. The second-order valence-electron chi connectivity index (χ2n) is 7.80. The molecule has 0 bridgehead atoms. The van der Waals surface area contributed by atoms with Gasteiger partial charge in [0.05, 0.1) is 21.8 Å². The Hall–Kier alpha value is -2.11. The molecular formula is C22H24N2O2S. The van der Waals surface area contributed by atoms with Crippen molar-refractivity contribution in [1.29, 1.82) is 0 Å². The van der Waals surface area contributed by atoms with Gasteiger partial charge in [-0.25, -0.2) is 13.6 Å². The Morgan fingerprint density at radius 1 is 1.07 bits per heavy atom. The lowest BCUT2D eigenvalue weighted by atomic mass is 9.81. The third-order valence-electron chi connectivity index (χ3n) is 6.24. The summed E-state index contributed by atoms with van der Waals surface area (Å²) in [6, 6.07) is 12.3. The lowest BCUT2D eigenvalue weighted by Gasteiger charge is -2.27. The molecular weight excluding hydrogens is 356 g/mol. The minimum atomic E-state index is -3.82. The lowest BCUT2D eigenvalue weighted by molar-refractivity contribution is 0.436. The largest absolute Gasteiger partial charge is 0.304 e. The van der Waals surface area contributed by atoms with E-state index >= 15 is 0 Å². The van der Waals surface area contributed by atoms with Gasteiger partial charge in [0.2, 0.25) is 10.0 Å². The van der Waals surface area contributed by atoms with Crippen molar-refractivity contribution in [3.05, 3.63) is 47.5 Å². The van der Waals surface area contributed by atoms with Gasteiger partial charge >= 0.3 is 0 Å². The van der Waals surface area contributed by atoms with Crippen LogP contribution in [0.1, 0.15) is 56.1 Å². The summed E-state index contributed by atoms with van der Waals surface area (Å²) in [6.07, 6.45) is 6.48. The molecule has 27 heavy (non-hydrogen) atoms. The summed E-state index contributed by atoms with van der Waals surface area (Å²) in [6.45, 7) is 2.09. The van der Waals surface area contributed by atoms with Gasteiger partial charge in [-0.2, -0.15) is 0 Å². The number of hydrogen-bond acceptors (Lipinski definition) is 2. The number of fused-ring (bicyclic) bond motifs is 4. The summed E-state index contributed by atoms with van der Waals surface area (Å²) in [4.78, 5) is 0.372. The van der Waals surface area contributed by atoms with E-state index in [1.165, 1.54) is 11.8 Å². The molecule has 2 aromatic carbocycles. The Morgan fingerprint density at radius 2 is 1.81 bits per heavy atom. The topological polar surface area (TPSA) is 65.1 Å². The Bertz CT molecular complexity index is 1130. The summed E-state index contributed by atoms with van der Waals surface area (Å²) in [5, 5.41) is 7.00. The van der Waals surface area contributed by atoms with Crippen molar-refractivity contribution >= 4 is 20.9 Å². The number of primary sulfonamides is 1. The molecule has 3 aliphatic rings. The molecule has 0 spiro atoms. The standard InChI is InChI=1S/C22H24N2O2S/c1-2-14-12-13-17(21-20-16-10-6-7-11-18(16)24(20)21)22(27(23,25)26)19(14)15-8-4-3-5-9-15/h6-7,10-13,15H,2-5,8-9H2,1H3,(H2,23,25,26). The van der Waals surface area contributed by atoms with E-state index in [0.29, 0.717) is 10.8 Å². The number of rotatable bonds is 4. The van der Waals surface area contributed by atoms with E-state index in [1.807, 2.05) is 18.2 Å². The average Bonchev–Trinajstić information content (AvgIpc) is 3.33. The highest BCUT2D eigenvalue weighted by Gasteiger charge is 2.38. The van der Waals surface area contributed by atoms with Crippen LogP contribution >= 0.6 is 0 Å². The number of nitrogens with zero attached hydrogens (tertiary/aromatic N) is 1. The molecule has 0 radical (unpaired) electrons. The third kappa shape index (κ3) is 2.48. The quantitative estimate of drug-likeness (QED) is 0.549. The molecule has 2 N–H and O–H groups in total. The molecule has 5 heteroatoms.